The molecule has 1 aliphatic heterocycles. The fraction of sp³-hybridized carbons (Fsp3) is 1.00. The van der Waals surface area contributed by atoms with Crippen LogP contribution in [0, 0.1) is 0 Å². The number of alkyl halides is 2. The maximum absolute atomic E-state index is 5.71. The second kappa shape index (κ2) is 8.07. The number of halogens is 2. The molecule has 1 atom stereocenters. The van der Waals surface area contributed by atoms with Crippen molar-refractivity contribution in [2.24, 2.45) is 0 Å². The van der Waals surface area contributed by atoms with Crippen LogP contribution in [0.1, 0.15) is 45.4 Å². The Hall–Kier alpha value is 0.890. The molecule has 0 N–H and O–H groups in total. The summed E-state index contributed by atoms with van der Waals surface area (Å²) in [5.41, 5.74) is 0. The molecule has 0 aliphatic carbocycles. The molecule has 0 aromatic heterocycles. The van der Waals surface area contributed by atoms with E-state index >= 15 is 0 Å². The molecule has 0 radical (unpaired) electrons. The van der Waals surface area contributed by atoms with E-state index < -0.39 is 13.1 Å². The molecule has 3 nitrogen and oxygen atoms in total. The summed E-state index contributed by atoms with van der Waals surface area (Å²) in [5, 5.41) is 0. The first kappa shape index (κ1) is 14.9. The molecule has 16 heavy (non-hydrogen) atoms. The molecular formula is C10H19Cl2O3P. The van der Waals surface area contributed by atoms with Gasteiger partial charge in [0.2, 0.25) is 4.52 Å². The van der Waals surface area contributed by atoms with Crippen molar-refractivity contribution in [3.8, 4) is 0 Å². The SMILES string of the molecule is CCCCCCCCOP1OCC(Cl)(Cl)O1. The molecule has 0 aromatic carbocycles. The fourth-order valence-corrected chi connectivity index (χ4v) is 2.99. The maximum Gasteiger partial charge on any atom is 0.335 e. The van der Waals surface area contributed by atoms with Crippen LogP contribution in [-0.2, 0) is 13.6 Å². The Balaban J connectivity index is 1.88. The van der Waals surface area contributed by atoms with Crippen LogP contribution in [0.2, 0.25) is 0 Å². The third-order valence-corrected chi connectivity index (χ3v) is 4.02. The van der Waals surface area contributed by atoms with E-state index in [0.29, 0.717) is 6.61 Å². The van der Waals surface area contributed by atoms with Gasteiger partial charge in [-0.15, -0.1) is 0 Å². The average molecular weight is 289 g/mol. The molecule has 1 saturated heterocycles. The van der Waals surface area contributed by atoms with Crippen molar-refractivity contribution in [3.05, 3.63) is 0 Å². The van der Waals surface area contributed by atoms with Gasteiger partial charge in [0.25, 0.3) is 0 Å². The highest BCUT2D eigenvalue weighted by Crippen LogP contribution is 2.53. The smallest absolute Gasteiger partial charge is 0.312 e. The molecule has 1 aliphatic rings. The van der Waals surface area contributed by atoms with Gasteiger partial charge in [-0.1, -0.05) is 62.2 Å². The van der Waals surface area contributed by atoms with E-state index in [2.05, 4.69) is 6.92 Å². The summed E-state index contributed by atoms with van der Waals surface area (Å²) >= 11 is 11.4. The van der Waals surface area contributed by atoms with Crippen molar-refractivity contribution in [2.45, 2.75) is 50.0 Å². The predicted octanol–water partition coefficient (Wildman–Crippen LogP) is 4.77. The second-order valence-electron chi connectivity index (χ2n) is 3.83. The molecule has 0 saturated carbocycles. The average Bonchev–Trinajstić information content (AvgIpc) is 2.57. The lowest BCUT2D eigenvalue weighted by atomic mass is 10.1. The summed E-state index contributed by atoms with van der Waals surface area (Å²) in [7, 11) is -1.32. The molecule has 1 unspecified atom stereocenters. The molecule has 1 heterocycles. The standard InChI is InChI=1S/C10H19Cl2O3P/c1-2-3-4-5-6-7-8-13-16-14-9-10(11,12)15-16/h2-9H2,1H3. The summed E-state index contributed by atoms with van der Waals surface area (Å²) in [5.74, 6) is 0. The predicted molar refractivity (Wildman–Crippen MR) is 67.7 cm³/mol. The van der Waals surface area contributed by atoms with E-state index in [1.165, 1.54) is 32.1 Å². The first-order chi connectivity index (χ1) is 7.64. The molecule has 0 amide bonds. The molecule has 1 fully saturated rings. The van der Waals surface area contributed by atoms with E-state index in [9.17, 15) is 0 Å². The minimum atomic E-state index is -1.32. The highest BCUT2D eigenvalue weighted by molar-refractivity contribution is 7.42. The quantitative estimate of drug-likeness (QED) is 0.366. The summed E-state index contributed by atoms with van der Waals surface area (Å²) < 4.78 is 14.5. The lowest BCUT2D eigenvalue weighted by Crippen LogP contribution is -2.12. The fourth-order valence-electron chi connectivity index (χ4n) is 1.37. The number of rotatable bonds is 8. The van der Waals surface area contributed by atoms with Gasteiger partial charge in [0.05, 0.1) is 6.61 Å². The van der Waals surface area contributed by atoms with E-state index in [-0.39, 0.29) is 6.61 Å². The Morgan fingerprint density at radius 1 is 1.19 bits per heavy atom. The minimum Gasteiger partial charge on any atom is -0.312 e. The van der Waals surface area contributed by atoms with Crippen molar-refractivity contribution >= 4 is 31.8 Å². The Morgan fingerprint density at radius 2 is 1.88 bits per heavy atom. The van der Waals surface area contributed by atoms with E-state index in [0.717, 1.165) is 6.42 Å². The van der Waals surface area contributed by atoms with Crippen molar-refractivity contribution in [3.63, 3.8) is 0 Å². The van der Waals surface area contributed by atoms with Crippen LogP contribution < -0.4 is 0 Å². The number of unbranched alkanes of at least 4 members (excludes halogenated alkanes) is 5. The van der Waals surface area contributed by atoms with E-state index in [1.54, 1.807) is 0 Å². The van der Waals surface area contributed by atoms with Crippen LogP contribution in [-0.4, -0.2) is 17.7 Å². The van der Waals surface area contributed by atoms with Crippen molar-refractivity contribution in [1.29, 1.82) is 0 Å². The molecule has 1 rings (SSSR count). The van der Waals surface area contributed by atoms with Crippen LogP contribution in [0.15, 0.2) is 0 Å². The summed E-state index contributed by atoms with van der Waals surface area (Å²) in [6.45, 7) is 3.05. The first-order valence-electron chi connectivity index (χ1n) is 5.77. The zero-order valence-corrected chi connectivity index (χ0v) is 12.0. The van der Waals surface area contributed by atoms with Gasteiger partial charge in [-0.3, -0.25) is 4.52 Å². The van der Waals surface area contributed by atoms with Gasteiger partial charge in [0, 0.05) is 0 Å². The molecule has 6 heteroatoms. The lowest BCUT2D eigenvalue weighted by molar-refractivity contribution is 0.230. The Bertz CT molecular complexity index is 193. The molecule has 0 spiro atoms. The normalized spacial score (nSPS) is 23.8. The molecular weight excluding hydrogens is 270 g/mol. The van der Waals surface area contributed by atoms with Gasteiger partial charge in [0.15, 0.2) is 0 Å². The van der Waals surface area contributed by atoms with Crippen LogP contribution in [0.25, 0.3) is 0 Å². The molecule has 0 bridgehead atoms. The van der Waals surface area contributed by atoms with Gasteiger partial charge in [-0.25, -0.2) is 0 Å². The molecule has 0 aromatic rings. The van der Waals surface area contributed by atoms with Gasteiger partial charge in [0.1, 0.15) is 6.61 Å². The number of hydrogen-bond acceptors (Lipinski definition) is 3. The topological polar surface area (TPSA) is 27.7 Å². The Labute approximate surface area is 109 Å². The maximum atomic E-state index is 5.71. The Morgan fingerprint density at radius 3 is 2.50 bits per heavy atom. The number of hydrogen-bond donors (Lipinski definition) is 0. The van der Waals surface area contributed by atoms with Crippen molar-refractivity contribution in [2.75, 3.05) is 13.2 Å². The highest BCUT2D eigenvalue weighted by Gasteiger charge is 2.39. The van der Waals surface area contributed by atoms with Gasteiger partial charge in [-0.05, 0) is 6.42 Å². The van der Waals surface area contributed by atoms with Gasteiger partial charge >= 0.3 is 8.60 Å². The monoisotopic (exact) mass is 288 g/mol. The summed E-state index contributed by atoms with van der Waals surface area (Å²) in [4.78, 5) is 0. The third kappa shape index (κ3) is 6.58. The minimum absolute atomic E-state index is 0.179. The zero-order valence-electron chi connectivity index (χ0n) is 9.58. The van der Waals surface area contributed by atoms with E-state index in [4.69, 9.17) is 36.8 Å². The second-order valence-corrected chi connectivity index (χ2v) is 6.39. The van der Waals surface area contributed by atoms with Crippen LogP contribution in [0.3, 0.4) is 0 Å². The van der Waals surface area contributed by atoms with Gasteiger partial charge in [-0.2, -0.15) is 0 Å². The van der Waals surface area contributed by atoms with Crippen molar-refractivity contribution < 1.29 is 13.6 Å². The largest absolute Gasteiger partial charge is 0.335 e. The van der Waals surface area contributed by atoms with Crippen LogP contribution >= 0.6 is 31.8 Å². The molecule has 96 valence electrons. The highest BCUT2D eigenvalue weighted by atomic mass is 35.5. The summed E-state index contributed by atoms with van der Waals surface area (Å²) in [6, 6.07) is 0. The summed E-state index contributed by atoms with van der Waals surface area (Å²) in [6.07, 6.45) is 7.40. The Kier molecular flexibility index (Phi) is 7.54. The van der Waals surface area contributed by atoms with Crippen molar-refractivity contribution in [1.82, 2.24) is 0 Å². The lowest BCUT2D eigenvalue weighted by Gasteiger charge is -2.10. The van der Waals surface area contributed by atoms with E-state index in [1.807, 2.05) is 0 Å². The van der Waals surface area contributed by atoms with Crippen LogP contribution in [0.4, 0.5) is 0 Å². The zero-order chi connectivity index (χ0) is 11.9. The third-order valence-electron chi connectivity index (χ3n) is 2.24. The van der Waals surface area contributed by atoms with Gasteiger partial charge < -0.3 is 9.05 Å². The van der Waals surface area contributed by atoms with Crippen LogP contribution in [0.5, 0.6) is 0 Å². The first-order valence-corrected chi connectivity index (χ1v) is 7.62.